The minimum absolute atomic E-state index is 0.00262. The van der Waals surface area contributed by atoms with Gasteiger partial charge in [-0.05, 0) is 42.2 Å². The molecule has 5 aromatic rings. The molecule has 43 heavy (non-hydrogen) atoms. The highest BCUT2D eigenvalue weighted by molar-refractivity contribution is 7.88. The molecule has 10 heteroatoms. The van der Waals surface area contributed by atoms with Crippen molar-refractivity contribution < 1.29 is 25.8 Å². The topological polar surface area (TPSA) is 74.1 Å². The Hall–Kier alpha value is -4.70. The summed E-state index contributed by atoms with van der Waals surface area (Å²) in [5.41, 5.74) is -1.92. The van der Waals surface area contributed by atoms with Crippen LogP contribution in [0.4, 0.5) is 13.2 Å². The summed E-state index contributed by atoms with van der Waals surface area (Å²) in [5.74, 6) is -0.459. The van der Waals surface area contributed by atoms with E-state index in [1.807, 2.05) is 66.4 Å². The SMILES string of the molecule is Cc1nn(C(c2ccccc2)(c2ccccc2)C2C=CC=CC2)cc1-c1ccc2nccc(OS(=O)(=O)C(F)(F)F)c2c1. The van der Waals surface area contributed by atoms with Crippen LogP contribution in [-0.2, 0) is 15.7 Å². The molecule has 1 unspecified atom stereocenters. The molecule has 3 aromatic carbocycles. The standard InChI is InChI=1S/C33H26F3N3O3S/c1-23-29(24-17-18-30-28(21-24)31(19-20-37-30)42-43(40,41)33(34,35)36)22-39(38-23)32(25-11-5-2-6-12-25,26-13-7-3-8-14-26)27-15-9-4-10-16-27/h2-15,17-22,27H,16H2,1H3. The highest BCUT2D eigenvalue weighted by atomic mass is 32.2. The lowest BCUT2D eigenvalue weighted by Crippen LogP contribution is -2.43. The van der Waals surface area contributed by atoms with Crippen LogP contribution in [0.25, 0.3) is 22.0 Å². The summed E-state index contributed by atoms with van der Waals surface area (Å²) in [5, 5.41) is 5.17. The average Bonchev–Trinajstić information content (AvgIpc) is 3.40. The minimum Gasteiger partial charge on any atom is -0.375 e. The van der Waals surface area contributed by atoms with Gasteiger partial charge in [-0.3, -0.25) is 9.67 Å². The minimum atomic E-state index is -5.87. The second-order valence-corrected chi connectivity index (χ2v) is 11.8. The van der Waals surface area contributed by atoms with Crippen LogP contribution >= 0.6 is 0 Å². The molecule has 0 bridgehead atoms. The van der Waals surface area contributed by atoms with Gasteiger partial charge in [0.15, 0.2) is 5.75 Å². The highest BCUT2D eigenvalue weighted by Crippen LogP contribution is 2.45. The van der Waals surface area contributed by atoms with Gasteiger partial charge in [0.2, 0.25) is 0 Å². The van der Waals surface area contributed by atoms with E-state index in [0.717, 1.165) is 29.2 Å². The summed E-state index contributed by atoms with van der Waals surface area (Å²) in [7, 11) is -5.87. The smallest absolute Gasteiger partial charge is 0.375 e. The quantitative estimate of drug-likeness (QED) is 0.142. The molecule has 1 atom stereocenters. The molecule has 2 aromatic heterocycles. The number of alkyl halides is 3. The van der Waals surface area contributed by atoms with Gasteiger partial charge < -0.3 is 4.18 Å². The van der Waals surface area contributed by atoms with Crippen LogP contribution in [0.2, 0.25) is 0 Å². The fourth-order valence-corrected chi connectivity index (χ4v) is 6.23. The first-order chi connectivity index (χ1) is 20.6. The van der Waals surface area contributed by atoms with Gasteiger partial charge in [-0.25, -0.2) is 0 Å². The number of hydrogen-bond acceptors (Lipinski definition) is 5. The van der Waals surface area contributed by atoms with Gasteiger partial charge in [-0.2, -0.15) is 26.7 Å². The van der Waals surface area contributed by atoms with Crippen LogP contribution in [-0.4, -0.2) is 28.7 Å². The zero-order valence-electron chi connectivity index (χ0n) is 22.9. The molecule has 0 saturated heterocycles. The van der Waals surface area contributed by atoms with E-state index in [9.17, 15) is 21.6 Å². The Labute approximate surface area is 246 Å². The van der Waals surface area contributed by atoms with Crippen molar-refractivity contribution in [2.75, 3.05) is 0 Å². The third-order valence-electron chi connectivity index (χ3n) is 7.70. The van der Waals surface area contributed by atoms with Gasteiger partial charge >= 0.3 is 15.6 Å². The first-order valence-corrected chi connectivity index (χ1v) is 14.9. The number of aryl methyl sites for hydroxylation is 1. The fraction of sp³-hybridized carbons (Fsp3) is 0.152. The normalized spacial score (nSPS) is 15.6. The molecular weight excluding hydrogens is 575 g/mol. The summed E-state index contributed by atoms with van der Waals surface area (Å²) >= 11 is 0. The largest absolute Gasteiger partial charge is 0.534 e. The Balaban J connectivity index is 1.54. The van der Waals surface area contributed by atoms with Crippen LogP contribution in [0.5, 0.6) is 5.75 Å². The number of fused-ring (bicyclic) bond motifs is 1. The molecule has 0 spiro atoms. The van der Waals surface area contributed by atoms with E-state index in [2.05, 4.69) is 45.6 Å². The highest BCUT2D eigenvalue weighted by Gasteiger charge is 2.49. The second-order valence-electron chi connectivity index (χ2n) is 10.3. The van der Waals surface area contributed by atoms with Gasteiger partial charge in [0.25, 0.3) is 0 Å². The third-order valence-corrected chi connectivity index (χ3v) is 8.67. The van der Waals surface area contributed by atoms with E-state index in [1.54, 1.807) is 18.2 Å². The van der Waals surface area contributed by atoms with Crippen molar-refractivity contribution >= 4 is 21.0 Å². The summed E-state index contributed by atoms with van der Waals surface area (Å²) in [6.07, 6.45) is 12.3. The fourth-order valence-electron chi connectivity index (χ4n) is 5.75. The summed E-state index contributed by atoms with van der Waals surface area (Å²) < 4.78 is 69.5. The lowest BCUT2D eigenvalue weighted by Gasteiger charge is -2.41. The Morgan fingerprint density at radius 3 is 2.19 bits per heavy atom. The maximum atomic E-state index is 13.1. The molecule has 0 saturated carbocycles. The van der Waals surface area contributed by atoms with Crippen molar-refractivity contribution in [3.8, 4) is 16.9 Å². The van der Waals surface area contributed by atoms with E-state index in [-0.39, 0.29) is 16.8 Å². The van der Waals surface area contributed by atoms with Gasteiger partial charge in [-0.1, -0.05) is 91.0 Å². The van der Waals surface area contributed by atoms with Crippen molar-refractivity contribution in [3.63, 3.8) is 0 Å². The Morgan fingerprint density at radius 2 is 1.58 bits per heavy atom. The predicted octanol–water partition coefficient (Wildman–Crippen LogP) is 7.56. The Bertz CT molecular complexity index is 1910. The number of pyridine rings is 1. The zero-order valence-corrected chi connectivity index (χ0v) is 23.8. The van der Waals surface area contributed by atoms with Crippen LogP contribution in [0.1, 0.15) is 23.2 Å². The lowest BCUT2D eigenvalue weighted by atomic mass is 9.70. The number of allylic oxidation sites excluding steroid dienone is 4. The molecular formula is C33H26F3N3O3S. The number of hydrogen-bond donors (Lipinski definition) is 0. The molecule has 0 radical (unpaired) electrons. The third kappa shape index (κ3) is 5.01. The number of nitrogens with zero attached hydrogens (tertiary/aromatic N) is 3. The average molecular weight is 602 g/mol. The van der Waals surface area contributed by atoms with Crippen molar-refractivity contribution in [1.82, 2.24) is 14.8 Å². The van der Waals surface area contributed by atoms with Gasteiger partial charge in [-0.15, -0.1) is 0 Å². The van der Waals surface area contributed by atoms with Crippen molar-refractivity contribution in [2.45, 2.75) is 24.4 Å². The molecule has 2 heterocycles. The first-order valence-electron chi connectivity index (χ1n) is 13.5. The van der Waals surface area contributed by atoms with Crippen LogP contribution in [0, 0.1) is 12.8 Å². The predicted molar refractivity (Wildman–Crippen MR) is 159 cm³/mol. The van der Waals surface area contributed by atoms with E-state index < -0.39 is 26.9 Å². The Kier molecular flexibility index (Phi) is 7.17. The van der Waals surface area contributed by atoms with E-state index in [1.165, 1.54) is 6.20 Å². The van der Waals surface area contributed by atoms with Crippen molar-refractivity contribution in [1.29, 1.82) is 0 Å². The van der Waals surface area contributed by atoms with E-state index in [0.29, 0.717) is 11.3 Å². The molecule has 1 aliphatic rings. The monoisotopic (exact) mass is 601 g/mol. The van der Waals surface area contributed by atoms with Crippen LogP contribution in [0.3, 0.4) is 0 Å². The molecule has 1 aliphatic carbocycles. The molecule has 218 valence electrons. The van der Waals surface area contributed by atoms with Crippen molar-refractivity contribution in [3.05, 3.63) is 138 Å². The van der Waals surface area contributed by atoms with Crippen LogP contribution < -0.4 is 4.18 Å². The van der Waals surface area contributed by atoms with E-state index in [4.69, 9.17) is 5.10 Å². The molecule has 6 rings (SSSR count). The number of halogens is 3. The lowest BCUT2D eigenvalue weighted by molar-refractivity contribution is -0.0499. The molecule has 0 amide bonds. The Morgan fingerprint density at radius 1 is 0.907 bits per heavy atom. The van der Waals surface area contributed by atoms with Gasteiger partial charge in [0, 0.05) is 35.3 Å². The maximum absolute atomic E-state index is 13.1. The van der Waals surface area contributed by atoms with E-state index >= 15 is 0 Å². The molecule has 6 nitrogen and oxygen atoms in total. The molecule has 0 aliphatic heterocycles. The number of aromatic nitrogens is 3. The molecule has 0 fully saturated rings. The number of rotatable bonds is 7. The van der Waals surface area contributed by atoms with Gasteiger partial charge in [0.05, 0.1) is 11.2 Å². The molecule has 0 N–H and O–H groups in total. The van der Waals surface area contributed by atoms with Crippen LogP contribution in [0.15, 0.2) is 122 Å². The van der Waals surface area contributed by atoms with Crippen molar-refractivity contribution in [2.24, 2.45) is 5.92 Å². The summed E-state index contributed by atoms with van der Waals surface area (Å²) in [6, 6.07) is 26.4. The first kappa shape index (κ1) is 28.4. The maximum Gasteiger partial charge on any atom is 0.534 e. The second kappa shape index (κ2) is 10.9. The summed E-state index contributed by atoms with van der Waals surface area (Å²) in [4.78, 5) is 4.19. The summed E-state index contributed by atoms with van der Waals surface area (Å²) in [6.45, 7) is 1.86. The number of benzene rings is 3. The zero-order chi connectivity index (χ0) is 30.2. The van der Waals surface area contributed by atoms with Gasteiger partial charge in [0.1, 0.15) is 5.54 Å².